The molecule has 0 saturated carbocycles. The second-order valence-electron chi connectivity index (χ2n) is 5.93. The van der Waals surface area contributed by atoms with Crippen molar-refractivity contribution in [2.24, 2.45) is 33.8 Å². The van der Waals surface area contributed by atoms with Crippen molar-refractivity contribution in [2.45, 2.75) is 45.2 Å². The number of carbonyl (C=O) groups is 3. The van der Waals surface area contributed by atoms with Gasteiger partial charge < -0.3 is 33.6 Å². The molecule has 0 bridgehead atoms. The number of nitrogens with two attached hydrogens (primary N) is 4. The Labute approximate surface area is 141 Å². The van der Waals surface area contributed by atoms with Crippen LogP contribution in [0.25, 0.3) is 0 Å². The van der Waals surface area contributed by atoms with Crippen LogP contribution < -0.4 is 33.6 Å². The Bertz CT molecular complexity index is 461. The van der Waals surface area contributed by atoms with Crippen molar-refractivity contribution in [3.05, 3.63) is 0 Å². The first-order valence-corrected chi connectivity index (χ1v) is 7.80. The fourth-order valence-corrected chi connectivity index (χ4v) is 1.96. The van der Waals surface area contributed by atoms with Gasteiger partial charge in [0.15, 0.2) is 5.96 Å². The molecule has 0 saturated heterocycles. The molecule has 0 aromatic rings. The topological polar surface area (TPSA) is 192 Å². The van der Waals surface area contributed by atoms with Crippen molar-refractivity contribution < 1.29 is 14.4 Å². The van der Waals surface area contributed by atoms with Crippen molar-refractivity contribution >= 4 is 23.7 Å². The molecular weight excluding hydrogens is 314 g/mol. The van der Waals surface area contributed by atoms with Gasteiger partial charge in [-0.3, -0.25) is 19.4 Å². The van der Waals surface area contributed by atoms with Crippen LogP contribution in [0.3, 0.4) is 0 Å². The Balaban J connectivity index is 4.71. The van der Waals surface area contributed by atoms with Gasteiger partial charge in [0, 0.05) is 6.54 Å². The minimum absolute atomic E-state index is 0.0484. The first kappa shape index (κ1) is 21.6. The lowest BCUT2D eigenvalue weighted by atomic mass is 10.0. The fraction of sp³-hybridized carbons (Fsp3) is 0.714. The predicted octanol–water partition coefficient (Wildman–Crippen LogP) is -2.50. The lowest BCUT2D eigenvalue weighted by molar-refractivity contribution is -0.130. The molecule has 0 spiro atoms. The summed E-state index contributed by atoms with van der Waals surface area (Å²) in [6.45, 7) is 3.89. The molecule has 0 rings (SSSR count). The second-order valence-corrected chi connectivity index (χ2v) is 5.93. The number of rotatable bonds is 11. The maximum Gasteiger partial charge on any atom is 0.243 e. The molecule has 0 unspecified atom stereocenters. The van der Waals surface area contributed by atoms with E-state index < -0.39 is 29.8 Å². The molecule has 0 radical (unpaired) electrons. The minimum Gasteiger partial charge on any atom is -0.370 e. The smallest absolute Gasteiger partial charge is 0.243 e. The van der Waals surface area contributed by atoms with Crippen molar-refractivity contribution in [2.75, 3.05) is 13.1 Å². The number of guanidine groups is 1. The Hall–Kier alpha value is -2.36. The number of aliphatic imine (C=N–C) groups is 1. The van der Waals surface area contributed by atoms with Crippen molar-refractivity contribution in [1.82, 2.24) is 10.6 Å². The molecule has 10 N–H and O–H groups in total. The number of hydrogen-bond donors (Lipinski definition) is 6. The molecule has 24 heavy (non-hydrogen) atoms. The van der Waals surface area contributed by atoms with Crippen LogP contribution in [-0.2, 0) is 14.4 Å². The first-order valence-electron chi connectivity index (χ1n) is 7.80. The molecule has 0 aromatic carbocycles. The highest BCUT2D eigenvalue weighted by Gasteiger charge is 2.24. The Kier molecular flexibility index (Phi) is 10.1. The first-order chi connectivity index (χ1) is 11.1. The van der Waals surface area contributed by atoms with Crippen LogP contribution in [0.4, 0.5) is 0 Å². The third-order valence-corrected chi connectivity index (χ3v) is 3.08. The van der Waals surface area contributed by atoms with E-state index in [2.05, 4.69) is 15.6 Å². The van der Waals surface area contributed by atoms with Gasteiger partial charge in [-0.15, -0.1) is 0 Å². The van der Waals surface area contributed by atoms with E-state index >= 15 is 0 Å². The maximum atomic E-state index is 12.1. The Morgan fingerprint density at radius 2 is 1.71 bits per heavy atom. The number of nitrogens with zero attached hydrogens (tertiary/aromatic N) is 1. The molecule has 0 aliphatic carbocycles. The summed E-state index contributed by atoms with van der Waals surface area (Å²) in [5, 5.41) is 4.96. The van der Waals surface area contributed by atoms with Crippen molar-refractivity contribution in [3.63, 3.8) is 0 Å². The fourth-order valence-electron chi connectivity index (χ4n) is 1.96. The zero-order chi connectivity index (χ0) is 18.7. The van der Waals surface area contributed by atoms with Crippen LogP contribution in [0.2, 0.25) is 0 Å². The van der Waals surface area contributed by atoms with Crippen LogP contribution >= 0.6 is 0 Å². The van der Waals surface area contributed by atoms with E-state index in [1.54, 1.807) is 0 Å². The number of nitrogens with one attached hydrogen (secondary N) is 2. The number of hydrogen-bond acceptors (Lipinski definition) is 5. The second kappa shape index (κ2) is 11.2. The highest BCUT2D eigenvalue weighted by atomic mass is 16.2. The maximum absolute atomic E-state index is 12.1. The zero-order valence-corrected chi connectivity index (χ0v) is 14.2. The molecule has 3 amide bonds. The summed E-state index contributed by atoms with van der Waals surface area (Å²) in [5.41, 5.74) is 21.3. The van der Waals surface area contributed by atoms with E-state index in [9.17, 15) is 14.4 Å². The Morgan fingerprint density at radius 1 is 1.08 bits per heavy atom. The van der Waals surface area contributed by atoms with E-state index in [0.29, 0.717) is 25.8 Å². The summed E-state index contributed by atoms with van der Waals surface area (Å²) in [6.07, 6.45) is 1.25. The summed E-state index contributed by atoms with van der Waals surface area (Å²) in [7, 11) is 0. The quantitative estimate of drug-likeness (QED) is 0.136. The lowest BCUT2D eigenvalue weighted by Gasteiger charge is -2.21. The van der Waals surface area contributed by atoms with E-state index in [1.165, 1.54) is 0 Å². The standard InChI is InChI=1S/C14H29N7O3/c1-8(2)6-9(15)12(23)21-10(4-3-5-19-14(17)18)13(24)20-7-11(16)22/h8-10H,3-7,15H2,1-2H3,(H2,16,22)(H,20,24)(H,21,23)(H4,17,18,19)/t9-,10-/m0/s1. The van der Waals surface area contributed by atoms with Crippen LogP contribution in [-0.4, -0.2) is 48.9 Å². The summed E-state index contributed by atoms with van der Waals surface area (Å²) in [4.78, 5) is 38.8. The van der Waals surface area contributed by atoms with Gasteiger partial charge >= 0.3 is 0 Å². The summed E-state index contributed by atoms with van der Waals surface area (Å²) in [5.74, 6) is -1.42. The number of primary amides is 1. The number of carbonyl (C=O) groups excluding carboxylic acids is 3. The molecule has 2 atom stereocenters. The van der Waals surface area contributed by atoms with Gasteiger partial charge in [0.1, 0.15) is 6.04 Å². The highest BCUT2D eigenvalue weighted by molar-refractivity contribution is 5.91. The van der Waals surface area contributed by atoms with E-state index in [0.717, 1.165) is 0 Å². The van der Waals surface area contributed by atoms with Crippen LogP contribution in [0.1, 0.15) is 33.1 Å². The molecule has 10 nitrogen and oxygen atoms in total. The highest BCUT2D eigenvalue weighted by Crippen LogP contribution is 2.04. The molecule has 0 fully saturated rings. The third-order valence-electron chi connectivity index (χ3n) is 3.08. The molecule has 0 aromatic heterocycles. The van der Waals surface area contributed by atoms with Crippen molar-refractivity contribution in [1.29, 1.82) is 0 Å². The lowest BCUT2D eigenvalue weighted by Crippen LogP contribution is -2.52. The Morgan fingerprint density at radius 3 is 2.21 bits per heavy atom. The van der Waals surface area contributed by atoms with Gasteiger partial charge in [0.2, 0.25) is 17.7 Å². The normalized spacial score (nSPS) is 13.0. The largest absolute Gasteiger partial charge is 0.370 e. The predicted molar refractivity (Wildman–Crippen MR) is 91.5 cm³/mol. The van der Waals surface area contributed by atoms with Gasteiger partial charge in [0.05, 0.1) is 12.6 Å². The van der Waals surface area contributed by atoms with Gasteiger partial charge in [-0.05, 0) is 25.2 Å². The molecule has 0 aliphatic heterocycles. The van der Waals surface area contributed by atoms with Crippen LogP contribution in [0.15, 0.2) is 4.99 Å². The summed E-state index contributed by atoms with van der Waals surface area (Å²) >= 11 is 0. The van der Waals surface area contributed by atoms with Gasteiger partial charge in [-0.2, -0.15) is 0 Å². The molecular formula is C14H29N7O3. The van der Waals surface area contributed by atoms with Gasteiger partial charge in [0.25, 0.3) is 0 Å². The average molecular weight is 343 g/mol. The van der Waals surface area contributed by atoms with Crippen molar-refractivity contribution in [3.8, 4) is 0 Å². The minimum atomic E-state index is -0.843. The third kappa shape index (κ3) is 10.4. The average Bonchev–Trinajstić information content (AvgIpc) is 2.46. The number of amides is 3. The van der Waals surface area contributed by atoms with Crippen LogP contribution in [0, 0.1) is 5.92 Å². The van der Waals surface area contributed by atoms with E-state index in [-0.39, 0.29) is 18.4 Å². The van der Waals surface area contributed by atoms with E-state index in [4.69, 9.17) is 22.9 Å². The van der Waals surface area contributed by atoms with E-state index in [1.807, 2.05) is 13.8 Å². The van der Waals surface area contributed by atoms with Crippen LogP contribution in [0.5, 0.6) is 0 Å². The zero-order valence-electron chi connectivity index (χ0n) is 14.2. The molecule has 138 valence electrons. The monoisotopic (exact) mass is 343 g/mol. The van der Waals surface area contributed by atoms with Gasteiger partial charge in [-0.25, -0.2) is 0 Å². The molecule has 0 heterocycles. The van der Waals surface area contributed by atoms with Gasteiger partial charge in [-0.1, -0.05) is 13.8 Å². The molecule has 0 aliphatic rings. The summed E-state index contributed by atoms with van der Waals surface area (Å²) in [6, 6.07) is -1.56. The SMILES string of the molecule is CC(C)C[C@H](N)C(=O)N[C@@H](CCCN=C(N)N)C(=O)NCC(N)=O. The molecule has 10 heteroatoms. The summed E-state index contributed by atoms with van der Waals surface area (Å²) < 4.78 is 0.